The van der Waals surface area contributed by atoms with E-state index in [4.69, 9.17) is 27.9 Å². The molecule has 1 atom stereocenters. The van der Waals surface area contributed by atoms with E-state index < -0.39 is 11.5 Å². The SMILES string of the molecule is CC(=O)CC1(O)C(=O)N(CCCOc2ccccc2Cl)c2ccc(Cl)cc21. The number of ketones is 1. The molecule has 0 aromatic heterocycles. The van der Waals surface area contributed by atoms with E-state index in [2.05, 4.69) is 0 Å². The highest BCUT2D eigenvalue weighted by atomic mass is 35.5. The molecule has 2 aromatic rings. The van der Waals surface area contributed by atoms with E-state index >= 15 is 0 Å². The summed E-state index contributed by atoms with van der Waals surface area (Å²) in [6.07, 6.45) is 0.237. The molecule has 0 spiro atoms. The average molecular weight is 408 g/mol. The number of nitrogens with zero attached hydrogens (tertiary/aromatic N) is 1. The molecular weight excluding hydrogens is 389 g/mol. The van der Waals surface area contributed by atoms with Crippen LogP contribution < -0.4 is 9.64 Å². The maximum Gasteiger partial charge on any atom is 0.264 e. The van der Waals surface area contributed by atoms with E-state index in [1.165, 1.54) is 17.9 Å². The first-order valence-electron chi connectivity index (χ1n) is 8.54. The lowest BCUT2D eigenvalue weighted by atomic mass is 9.90. The van der Waals surface area contributed by atoms with E-state index in [0.29, 0.717) is 46.6 Å². The Kier molecular flexibility index (Phi) is 5.75. The molecule has 5 nitrogen and oxygen atoms in total. The number of anilines is 1. The van der Waals surface area contributed by atoms with Crippen molar-refractivity contribution in [2.45, 2.75) is 25.4 Å². The van der Waals surface area contributed by atoms with Gasteiger partial charge in [-0.05, 0) is 43.7 Å². The van der Waals surface area contributed by atoms with Gasteiger partial charge >= 0.3 is 0 Å². The normalized spacial score (nSPS) is 18.5. The Morgan fingerprint density at radius 1 is 1.22 bits per heavy atom. The van der Waals surface area contributed by atoms with Crippen molar-refractivity contribution in [2.24, 2.45) is 0 Å². The van der Waals surface area contributed by atoms with Crippen molar-refractivity contribution in [3.8, 4) is 5.75 Å². The fraction of sp³-hybridized carbons (Fsp3) is 0.300. The van der Waals surface area contributed by atoms with Gasteiger partial charge in [0.1, 0.15) is 11.5 Å². The van der Waals surface area contributed by atoms with Crippen molar-refractivity contribution in [1.29, 1.82) is 0 Å². The van der Waals surface area contributed by atoms with Crippen LogP contribution in [-0.4, -0.2) is 29.9 Å². The summed E-state index contributed by atoms with van der Waals surface area (Å²) in [5.74, 6) is -0.222. The topological polar surface area (TPSA) is 66.8 Å². The number of Topliss-reactive ketones (excluding diaryl/α,β-unsaturated/α-hetero) is 1. The van der Waals surface area contributed by atoms with Gasteiger partial charge in [-0.3, -0.25) is 9.59 Å². The largest absolute Gasteiger partial charge is 0.492 e. The molecule has 0 fully saturated rings. The second-order valence-electron chi connectivity index (χ2n) is 6.49. The van der Waals surface area contributed by atoms with Gasteiger partial charge in [-0.15, -0.1) is 0 Å². The summed E-state index contributed by atoms with van der Waals surface area (Å²) < 4.78 is 5.65. The van der Waals surface area contributed by atoms with E-state index in [1.54, 1.807) is 24.3 Å². The first-order chi connectivity index (χ1) is 12.8. The second-order valence-corrected chi connectivity index (χ2v) is 7.33. The van der Waals surface area contributed by atoms with Gasteiger partial charge in [0.2, 0.25) is 0 Å². The van der Waals surface area contributed by atoms with Gasteiger partial charge in [-0.1, -0.05) is 35.3 Å². The average Bonchev–Trinajstić information content (AvgIpc) is 2.81. The highest BCUT2D eigenvalue weighted by Crippen LogP contribution is 2.43. The Balaban J connectivity index is 1.73. The standard InChI is InChI=1S/C20H19Cl2NO4/c1-13(24)12-20(26)15-11-14(21)7-8-17(15)23(19(20)25)9-4-10-27-18-6-3-2-5-16(18)22/h2-3,5-8,11,26H,4,9-10,12H2,1H3. The molecule has 0 aliphatic carbocycles. The summed E-state index contributed by atoms with van der Waals surface area (Å²) >= 11 is 12.1. The van der Waals surface area contributed by atoms with E-state index in [-0.39, 0.29) is 12.2 Å². The quantitative estimate of drug-likeness (QED) is 0.704. The first kappa shape index (κ1) is 19.7. The highest BCUT2D eigenvalue weighted by Gasteiger charge is 2.50. The summed E-state index contributed by atoms with van der Waals surface area (Å²) in [6.45, 7) is 2.02. The van der Waals surface area contributed by atoms with Crippen molar-refractivity contribution < 1.29 is 19.4 Å². The number of ether oxygens (including phenoxy) is 1. The fourth-order valence-corrected chi connectivity index (χ4v) is 3.60. The minimum Gasteiger partial charge on any atom is -0.492 e. The van der Waals surface area contributed by atoms with E-state index in [0.717, 1.165) is 0 Å². The Bertz CT molecular complexity index is 886. The lowest BCUT2D eigenvalue weighted by Gasteiger charge is -2.22. The second kappa shape index (κ2) is 7.89. The number of carbonyl (C=O) groups is 2. The minimum atomic E-state index is -1.88. The van der Waals surface area contributed by atoms with Crippen LogP contribution in [0.4, 0.5) is 5.69 Å². The van der Waals surface area contributed by atoms with Gasteiger partial charge in [0.15, 0.2) is 5.60 Å². The van der Waals surface area contributed by atoms with Gasteiger partial charge < -0.3 is 14.7 Å². The maximum atomic E-state index is 12.9. The fourth-order valence-electron chi connectivity index (χ4n) is 3.24. The molecule has 0 saturated heterocycles. The zero-order valence-corrected chi connectivity index (χ0v) is 16.3. The summed E-state index contributed by atoms with van der Waals surface area (Å²) in [5, 5.41) is 11.8. The van der Waals surface area contributed by atoms with Crippen LogP contribution in [0, 0.1) is 0 Å². The molecule has 3 rings (SSSR count). The van der Waals surface area contributed by atoms with Crippen LogP contribution in [0.25, 0.3) is 0 Å². The molecule has 0 bridgehead atoms. The molecule has 1 aliphatic rings. The molecule has 1 N–H and O–H groups in total. The highest BCUT2D eigenvalue weighted by molar-refractivity contribution is 6.32. The zero-order valence-electron chi connectivity index (χ0n) is 14.7. The summed E-state index contributed by atoms with van der Waals surface area (Å²) in [7, 11) is 0. The molecule has 1 heterocycles. The number of amides is 1. The molecule has 7 heteroatoms. The molecule has 1 unspecified atom stereocenters. The molecule has 0 radical (unpaired) electrons. The molecule has 142 valence electrons. The number of fused-ring (bicyclic) bond motifs is 1. The molecular formula is C20H19Cl2NO4. The zero-order chi connectivity index (χ0) is 19.6. The van der Waals surface area contributed by atoms with Crippen LogP contribution in [0.5, 0.6) is 5.75 Å². The molecule has 0 saturated carbocycles. The first-order valence-corrected chi connectivity index (χ1v) is 9.29. The molecule has 1 aliphatic heterocycles. The lowest BCUT2D eigenvalue weighted by molar-refractivity contribution is -0.141. The third-order valence-corrected chi connectivity index (χ3v) is 4.97. The Labute approximate surface area is 167 Å². The number of hydrogen-bond acceptors (Lipinski definition) is 4. The van der Waals surface area contributed by atoms with Crippen LogP contribution in [0.2, 0.25) is 10.0 Å². The van der Waals surface area contributed by atoms with Gasteiger partial charge in [-0.25, -0.2) is 0 Å². The predicted octanol–water partition coefficient (Wildman–Crippen LogP) is 3.98. The van der Waals surface area contributed by atoms with Crippen LogP contribution in [0.15, 0.2) is 42.5 Å². The molecule has 1 amide bonds. The summed E-state index contributed by atoms with van der Waals surface area (Å²) in [6, 6.07) is 12.0. The number of benzene rings is 2. The van der Waals surface area contributed by atoms with E-state index in [1.807, 2.05) is 12.1 Å². The van der Waals surface area contributed by atoms with Gasteiger partial charge in [0.25, 0.3) is 5.91 Å². The number of hydrogen-bond donors (Lipinski definition) is 1. The summed E-state index contributed by atoms with van der Waals surface area (Å²) in [4.78, 5) is 25.9. The third-order valence-electron chi connectivity index (χ3n) is 4.42. The predicted molar refractivity (Wildman–Crippen MR) is 105 cm³/mol. The van der Waals surface area contributed by atoms with Crippen LogP contribution >= 0.6 is 23.2 Å². The van der Waals surface area contributed by atoms with Crippen LogP contribution in [0.3, 0.4) is 0 Å². The monoisotopic (exact) mass is 407 g/mol. The Hall–Kier alpha value is -2.08. The van der Waals surface area contributed by atoms with E-state index in [9.17, 15) is 14.7 Å². The number of carbonyl (C=O) groups excluding carboxylic acids is 2. The number of para-hydroxylation sites is 1. The maximum absolute atomic E-state index is 12.9. The smallest absolute Gasteiger partial charge is 0.264 e. The van der Waals surface area contributed by atoms with Crippen molar-refractivity contribution in [3.63, 3.8) is 0 Å². The van der Waals surface area contributed by atoms with Crippen LogP contribution in [-0.2, 0) is 15.2 Å². The van der Waals surface area contributed by atoms with Crippen molar-refractivity contribution >= 4 is 40.6 Å². The molecule has 2 aromatic carbocycles. The molecule has 27 heavy (non-hydrogen) atoms. The lowest BCUT2D eigenvalue weighted by Crippen LogP contribution is -2.42. The summed E-state index contributed by atoms with van der Waals surface area (Å²) in [5.41, 5.74) is -0.955. The Morgan fingerprint density at radius 3 is 2.67 bits per heavy atom. The number of halogens is 2. The number of aliphatic hydroxyl groups is 1. The number of rotatable bonds is 7. The third kappa shape index (κ3) is 3.95. The minimum absolute atomic E-state index is 0.277. The van der Waals surface area contributed by atoms with Gasteiger partial charge in [0.05, 0.1) is 17.3 Å². The Morgan fingerprint density at radius 2 is 1.96 bits per heavy atom. The van der Waals surface area contributed by atoms with Crippen molar-refractivity contribution in [1.82, 2.24) is 0 Å². The van der Waals surface area contributed by atoms with Gasteiger partial charge in [0, 0.05) is 23.6 Å². The van der Waals surface area contributed by atoms with Crippen molar-refractivity contribution in [3.05, 3.63) is 58.1 Å². The van der Waals surface area contributed by atoms with Crippen molar-refractivity contribution in [2.75, 3.05) is 18.1 Å². The van der Waals surface area contributed by atoms with Gasteiger partial charge in [-0.2, -0.15) is 0 Å². The van der Waals surface area contributed by atoms with Crippen LogP contribution in [0.1, 0.15) is 25.3 Å².